The number of phenols is 3. The first-order chi connectivity index (χ1) is 29.8. The highest BCUT2D eigenvalue weighted by atomic mass is 16.7. The maximum Gasteiger partial charge on any atom is 0.312 e. The number of fused-ring (bicyclic) bond motifs is 14. The van der Waals surface area contributed by atoms with Crippen LogP contribution in [0.5, 0.6) is 23.0 Å². The van der Waals surface area contributed by atoms with Crippen molar-refractivity contribution in [2.24, 2.45) is 28.8 Å². The average Bonchev–Trinajstić information content (AvgIpc) is 3.48. The number of hydrazone groups is 1. The molecule has 1 saturated heterocycles. The molecule has 63 heavy (non-hydrogen) atoms. The van der Waals surface area contributed by atoms with Gasteiger partial charge in [-0.1, -0.05) is 84.4 Å². The zero-order chi connectivity index (χ0) is 46.3. The molecule has 0 spiro atoms. The summed E-state index contributed by atoms with van der Waals surface area (Å²) >= 11 is 0. The van der Waals surface area contributed by atoms with Crippen LogP contribution in [0.3, 0.4) is 0 Å². The minimum atomic E-state index is -2.04. The highest BCUT2D eigenvalue weighted by Crippen LogP contribution is 2.55. The Morgan fingerprint density at radius 2 is 1.49 bits per heavy atom. The van der Waals surface area contributed by atoms with Crippen LogP contribution in [-0.4, -0.2) is 105 Å². The van der Waals surface area contributed by atoms with Gasteiger partial charge in [-0.25, -0.2) is 0 Å². The van der Waals surface area contributed by atoms with Crippen molar-refractivity contribution < 1.29 is 58.9 Å². The zero-order valence-corrected chi connectivity index (χ0v) is 38.1. The summed E-state index contributed by atoms with van der Waals surface area (Å²) in [6, 6.07) is 0. The van der Waals surface area contributed by atoms with Crippen molar-refractivity contribution in [2.75, 3.05) is 25.5 Å². The maximum atomic E-state index is 14.6. The van der Waals surface area contributed by atoms with E-state index in [4.69, 9.17) is 24.0 Å². The molecule has 0 aromatic heterocycles. The number of carbonyl (C=O) groups excluding carboxylic acids is 3. The van der Waals surface area contributed by atoms with E-state index in [1.165, 1.54) is 65.4 Å². The van der Waals surface area contributed by atoms with Crippen molar-refractivity contribution in [3.63, 3.8) is 0 Å². The molecule has 1 amide bonds. The number of esters is 1. The summed E-state index contributed by atoms with van der Waals surface area (Å²) in [7, 11) is 1.45. The second-order valence-corrected chi connectivity index (χ2v) is 17.6. The highest BCUT2D eigenvalue weighted by molar-refractivity contribution is 6.23. The molecule has 2 aromatic carbocycles. The van der Waals surface area contributed by atoms with Gasteiger partial charge in [0.15, 0.2) is 5.75 Å². The van der Waals surface area contributed by atoms with Crippen LogP contribution in [0.15, 0.2) is 41.2 Å². The third-order valence-electron chi connectivity index (χ3n) is 13.0. The molecule has 6 N–H and O–H groups in total. The van der Waals surface area contributed by atoms with Crippen LogP contribution in [0.2, 0.25) is 0 Å². The lowest BCUT2D eigenvalue weighted by Crippen LogP contribution is -2.46. The molecule has 4 aliphatic rings. The van der Waals surface area contributed by atoms with Crippen LogP contribution in [0.25, 0.3) is 10.8 Å². The highest BCUT2D eigenvalue weighted by Gasteiger charge is 2.50. The van der Waals surface area contributed by atoms with Crippen molar-refractivity contribution in [1.82, 2.24) is 5.01 Å². The Bertz CT molecular complexity index is 2120. The number of rotatable bonds is 4. The van der Waals surface area contributed by atoms with Crippen molar-refractivity contribution in [3.05, 3.63) is 52.8 Å². The SMILES string of the molecule is COC1C=COC2(C)Oc3c(C)c(O)c4c(O)c(c(C=NN5CCCCCCCCCC5)c(O)c4c3C2=O)NC(=O)C(C)=CC=CC(C)C(O)C(C)C(O)C(C)C(OC(C)=O)C1C. The predicted molar refractivity (Wildman–Crippen MR) is 240 cm³/mol. The van der Waals surface area contributed by atoms with Crippen LogP contribution < -0.4 is 10.1 Å². The van der Waals surface area contributed by atoms with Gasteiger partial charge >= 0.3 is 11.8 Å². The second-order valence-electron chi connectivity index (χ2n) is 17.6. The number of amides is 1. The lowest BCUT2D eigenvalue weighted by Gasteiger charge is -2.38. The summed E-state index contributed by atoms with van der Waals surface area (Å²) < 4.78 is 23.7. The van der Waals surface area contributed by atoms with Crippen LogP contribution in [0.1, 0.15) is 121 Å². The monoisotopic (exact) mass is 877 g/mol. The van der Waals surface area contributed by atoms with E-state index in [2.05, 4.69) is 5.32 Å². The quantitative estimate of drug-likeness (QED) is 0.0759. The van der Waals surface area contributed by atoms with Crippen molar-refractivity contribution in [2.45, 2.75) is 137 Å². The number of methoxy groups -OCH3 is 1. The number of phenolic OH excluding ortho intramolecular Hbond substituents is 3. The van der Waals surface area contributed by atoms with Crippen molar-refractivity contribution in [1.29, 1.82) is 0 Å². The van der Waals surface area contributed by atoms with Gasteiger partial charge in [-0.2, -0.15) is 5.10 Å². The van der Waals surface area contributed by atoms with Crippen LogP contribution in [-0.2, 0) is 23.8 Å². The Balaban J connectivity index is 1.70. The molecular weight excluding hydrogens is 811 g/mol. The molecular formula is C48H67N3O12. The molecule has 6 rings (SSSR count). The van der Waals surface area contributed by atoms with Crippen molar-refractivity contribution in [3.8, 4) is 23.0 Å². The molecule has 0 radical (unpaired) electrons. The molecule has 4 heterocycles. The molecule has 0 aliphatic carbocycles. The van der Waals surface area contributed by atoms with Crippen LogP contribution in [0, 0.1) is 30.6 Å². The smallest absolute Gasteiger partial charge is 0.312 e. The van der Waals surface area contributed by atoms with Gasteiger partial charge in [-0.3, -0.25) is 19.4 Å². The van der Waals surface area contributed by atoms with Gasteiger partial charge in [0, 0.05) is 74.2 Å². The number of Topliss-reactive ketones (excluding diaryl/α,β-unsaturated/α-hetero) is 1. The number of carbonyl (C=O) groups is 3. The predicted octanol–water partition coefficient (Wildman–Crippen LogP) is 7.52. The zero-order valence-electron chi connectivity index (χ0n) is 38.1. The Kier molecular flexibility index (Phi) is 16.3. The van der Waals surface area contributed by atoms with E-state index in [0.717, 1.165) is 38.5 Å². The summed E-state index contributed by atoms with van der Waals surface area (Å²) in [6.07, 6.45) is 13.5. The number of hydrogen-bond acceptors (Lipinski definition) is 14. The van der Waals surface area contributed by atoms with Gasteiger partial charge in [0.25, 0.3) is 11.7 Å². The van der Waals surface area contributed by atoms with Gasteiger partial charge in [-0.15, -0.1) is 0 Å². The Labute approximate surface area is 370 Å². The molecule has 346 valence electrons. The third kappa shape index (κ3) is 10.6. The lowest BCUT2D eigenvalue weighted by molar-refractivity contribution is -0.160. The van der Waals surface area contributed by atoms with Gasteiger partial charge in [0.05, 0.1) is 53.0 Å². The number of aliphatic hydroxyl groups excluding tert-OH is 2. The number of aromatic hydroxyl groups is 3. The van der Waals surface area contributed by atoms with E-state index in [9.17, 15) is 39.9 Å². The number of nitrogens with one attached hydrogen (secondary N) is 1. The summed E-state index contributed by atoms with van der Waals surface area (Å²) in [4.78, 5) is 40.8. The largest absolute Gasteiger partial charge is 0.507 e. The molecule has 4 aliphatic heterocycles. The number of aliphatic hydroxyl groups is 2. The van der Waals surface area contributed by atoms with Gasteiger partial charge in [-0.05, 0) is 32.8 Å². The van der Waals surface area contributed by atoms with Crippen LogP contribution in [0.4, 0.5) is 5.69 Å². The molecule has 2 aromatic rings. The first-order valence-corrected chi connectivity index (χ1v) is 22.2. The number of nitrogens with zero attached hydrogens (tertiary/aromatic N) is 2. The number of benzene rings is 2. The summed E-state index contributed by atoms with van der Waals surface area (Å²) in [6.45, 7) is 13.9. The number of hydrogen-bond donors (Lipinski definition) is 6. The van der Waals surface area contributed by atoms with Crippen LogP contribution >= 0.6 is 0 Å². The summed E-state index contributed by atoms with van der Waals surface area (Å²) in [5.41, 5.74) is -0.263. The Morgan fingerprint density at radius 3 is 2.10 bits per heavy atom. The standard InChI is InChI=1S/C48H67N3O12/c1-26-19-18-20-27(2)47(59)50-38-33(25-49-51-22-16-14-12-10-11-13-15-17-23-51)42(56)35-36(43(38)57)41(55)31(6)45-37(35)46(58)48(8,63-45)61-24-21-34(60-9)28(3)44(62-32(7)52)30(5)40(54)29(4)39(26)53/h18-21,24-26,28-30,34,39-40,44,53-57H,10-17,22-23H2,1-9H3,(H,50,59). The van der Waals surface area contributed by atoms with E-state index in [-0.39, 0.29) is 44.5 Å². The van der Waals surface area contributed by atoms with E-state index < -0.39 is 88.8 Å². The minimum absolute atomic E-state index is 0.0662. The fourth-order valence-electron chi connectivity index (χ4n) is 8.89. The molecule has 1 fully saturated rings. The first-order valence-electron chi connectivity index (χ1n) is 22.2. The Morgan fingerprint density at radius 1 is 0.873 bits per heavy atom. The molecule has 15 nitrogen and oxygen atoms in total. The Hall–Kier alpha value is -5.12. The fourth-order valence-corrected chi connectivity index (χ4v) is 8.89. The maximum absolute atomic E-state index is 14.6. The number of anilines is 1. The van der Waals surface area contributed by atoms with Crippen molar-refractivity contribution >= 4 is 40.3 Å². The van der Waals surface area contributed by atoms with E-state index in [1.54, 1.807) is 46.8 Å². The first kappa shape index (κ1) is 48.9. The van der Waals surface area contributed by atoms with E-state index in [1.807, 2.05) is 5.01 Å². The van der Waals surface area contributed by atoms with Gasteiger partial charge < -0.3 is 49.8 Å². The average molecular weight is 878 g/mol. The number of allylic oxidation sites excluding steroid dienone is 2. The summed E-state index contributed by atoms with van der Waals surface area (Å²) in [5, 5.41) is 67.8. The molecule has 15 heteroatoms. The lowest BCUT2D eigenvalue weighted by atomic mass is 9.78. The minimum Gasteiger partial charge on any atom is -0.507 e. The summed E-state index contributed by atoms with van der Waals surface area (Å²) in [5.74, 6) is -8.24. The third-order valence-corrected chi connectivity index (χ3v) is 13.0. The van der Waals surface area contributed by atoms with E-state index >= 15 is 0 Å². The number of ether oxygens (including phenoxy) is 4. The molecule has 5 bridgehead atoms. The van der Waals surface area contributed by atoms with Gasteiger partial charge in [0.2, 0.25) is 0 Å². The fraction of sp³-hybridized carbons (Fsp3) is 0.583. The molecule has 9 atom stereocenters. The normalized spacial score (nSPS) is 29.6. The van der Waals surface area contributed by atoms with E-state index in [0.29, 0.717) is 13.1 Å². The topological polar surface area (TPSA) is 217 Å². The molecule has 9 unspecified atom stereocenters. The number of ketones is 1. The van der Waals surface area contributed by atoms with Gasteiger partial charge in [0.1, 0.15) is 23.4 Å². The molecule has 0 saturated carbocycles. The second kappa shape index (κ2) is 21.0.